The summed E-state index contributed by atoms with van der Waals surface area (Å²) in [4.78, 5) is 36.8. The van der Waals surface area contributed by atoms with Gasteiger partial charge in [0.25, 0.3) is 0 Å². The third-order valence-electron chi connectivity index (χ3n) is 8.97. The van der Waals surface area contributed by atoms with Crippen LogP contribution < -0.4 is 15.7 Å². The Bertz CT molecular complexity index is 1200. The van der Waals surface area contributed by atoms with E-state index in [4.69, 9.17) is 28.4 Å². The summed E-state index contributed by atoms with van der Waals surface area (Å²) >= 11 is 0. The molecular formula is C30H53N2O19Si-. The van der Waals surface area contributed by atoms with E-state index in [9.17, 15) is 65.4 Å². The molecule has 16 atom stereocenters. The number of carboxylic acid groups (broad SMARTS) is 1. The Labute approximate surface area is 300 Å². The van der Waals surface area contributed by atoms with Gasteiger partial charge in [0.2, 0.25) is 17.6 Å². The molecule has 0 aromatic heterocycles. The SMILES string of the molecule is CC(=O)N[C@H]1[C@H](OCC[Si](C)(C)C)O[C@H](CO)[C@H](O)[C@@H]1O[C@@H]1O[C@H](CO)[C@H](O)[C@H](O[C@]2(C(=O)[O-])C[C@H](O)[C@@H](NC(C)=O)[C@H]([C@H](O)[C@H](O)CO)O2)[C@H]1O. The number of nitrogens with one attached hydrogen (secondary N) is 2. The van der Waals surface area contributed by atoms with Gasteiger partial charge in [0, 0.05) is 34.9 Å². The quantitative estimate of drug-likeness (QED) is 0.0649. The van der Waals surface area contributed by atoms with Crippen molar-refractivity contribution in [3.05, 3.63) is 0 Å². The van der Waals surface area contributed by atoms with Crippen LogP contribution in [0.25, 0.3) is 0 Å². The van der Waals surface area contributed by atoms with Crippen molar-refractivity contribution in [3.8, 4) is 0 Å². The van der Waals surface area contributed by atoms with Crippen LogP contribution in [0.5, 0.6) is 0 Å². The number of amides is 2. The topological polar surface area (TPSA) is 336 Å². The molecule has 21 nitrogen and oxygen atoms in total. The molecule has 3 saturated heterocycles. The van der Waals surface area contributed by atoms with E-state index in [-0.39, 0.29) is 6.61 Å². The molecule has 0 unspecified atom stereocenters. The number of aliphatic carboxylic acids is 1. The van der Waals surface area contributed by atoms with Crippen molar-refractivity contribution < 1.29 is 93.9 Å². The molecule has 0 aromatic rings. The molecule has 22 heteroatoms. The van der Waals surface area contributed by atoms with E-state index in [0.29, 0.717) is 6.04 Å². The van der Waals surface area contributed by atoms with Crippen molar-refractivity contribution in [1.29, 1.82) is 0 Å². The average molecular weight is 774 g/mol. The van der Waals surface area contributed by atoms with Gasteiger partial charge in [-0.05, 0) is 6.04 Å². The van der Waals surface area contributed by atoms with Crippen LogP contribution in [-0.4, -0.2) is 196 Å². The van der Waals surface area contributed by atoms with Crippen LogP contribution in [0.4, 0.5) is 0 Å². The highest BCUT2D eigenvalue weighted by Gasteiger charge is 2.58. The Kier molecular flexibility index (Phi) is 15.9. The maximum atomic E-state index is 12.7. The van der Waals surface area contributed by atoms with Gasteiger partial charge in [-0.1, -0.05) is 19.6 Å². The molecule has 3 aliphatic rings. The largest absolute Gasteiger partial charge is 0.544 e. The fourth-order valence-corrected chi connectivity index (χ4v) is 6.89. The Balaban J connectivity index is 1.99. The number of ether oxygens (including phenoxy) is 6. The van der Waals surface area contributed by atoms with Crippen LogP contribution >= 0.6 is 0 Å². The second-order valence-electron chi connectivity index (χ2n) is 14.4. The zero-order valence-electron chi connectivity index (χ0n) is 29.5. The highest BCUT2D eigenvalue weighted by molar-refractivity contribution is 6.76. The first-order valence-corrected chi connectivity index (χ1v) is 20.5. The van der Waals surface area contributed by atoms with Gasteiger partial charge in [-0.15, -0.1) is 0 Å². The molecule has 3 aliphatic heterocycles. The number of rotatable bonds is 16. The molecule has 2 amide bonds. The van der Waals surface area contributed by atoms with Crippen LogP contribution in [0.1, 0.15) is 20.3 Å². The van der Waals surface area contributed by atoms with Crippen LogP contribution in [0, 0.1) is 0 Å². The molecule has 0 aromatic carbocycles. The van der Waals surface area contributed by atoms with Gasteiger partial charge in [-0.3, -0.25) is 9.59 Å². The Morgan fingerprint density at radius 2 is 1.40 bits per heavy atom. The summed E-state index contributed by atoms with van der Waals surface area (Å²) in [5, 5.41) is 113. The number of carbonyl (C=O) groups excluding carboxylic acids is 3. The van der Waals surface area contributed by atoms with Crippen molar-refractivity contribution in [2.24, 2.45) is 0 Å². The number of hydrogen-bond acceptors (Lipinski definition) is 19. The molecule has 11 N–H and O–H groups in total. The lowest BCUT2D eigenvalue weighted by molar-refractivity contribution is -0.410. The van der Waals surface area contributed by atoms with E-state index >= 15 is 0 Å². The van der Waals surface area contributed by atoms with E-state index < -0.39 is 150 Å². The molecule has 302 valence electrons. The van der Waals surface area contributed by atoms with Crippen LogP contribution in [-0.2, 0) is 42.8 Å². The highest BCUT2D eigenvalue weighted by Crippen LogP contribution is 2.38. The van der Waals surface area contributed by atoms with Gasteiger partial charge < -0.3 is 94.9 Å². The molecule has 0 saturated carbocycles. The van der Waals surface area contributed by atoms with Gasteiger partial charge >= 0.3 is 0 Å². The second-order valence-corrected chi connectivity index (χ2v) is 20.0. The lowest BCUT2D eigenvalue weighted by atomic mass is 9.88. The number of hydrogen-bond donors (Lipinski definition) is 11. The second kappa shape index (κ2) is 18.6. The molecule has 0 spiro atoms. The molecular weight excluding hydrogens is 720 g/mol. The van der Waals surface area contributed by atoms with Gasteiger partial charge in [0.1, 0.15) is 73.1 Å². The fraction of sp³-hybridized carbons (Fsp3) is 0.900. The fourth-order valence-electron chi connectivity index (χ4n) is 6.16. The Hall–Kier alpha value is -1.97. The normalized spacial score (nSPS) is 39.7. The van der Waals surface area contributed by atoms with E-state index in [2.05, 4.69) is 30.3 Å². The molecule has 3 fully saturated rings. The number of carboxylic acids is 1. The first-order chi connectivity index (χ1) is 24.2. The number of aliphatic hydroxyl groups is 9. The van der Waals surface area contributed by atoms with Gasteiger partial charge in [-0.2, -0.15) is 0 Å². The van der Waals surface area contributed by atoms with Crippen LogP contribution in [0.15, 0.2) is 0 Å². The van der Waals surface area contributed by atoms with E-state index in [1.807, 2.05) is 0 Å². The Morgan fingerprint density at radius 3 is 1.90 bits per heavy atom. The summed E-state index contributed by atoms with van der Waals surface area (Å²) in [5.41, 5.74) is 0. The van der Waals surface area contributed by atoms with Crippen molar-refractivity contribution in [1.82, 2.24) is 10.6 Å². The maximum absolute atomic E-state index is 12.7. The monoisotopic (exact) mass is 773 g/mol. The summed E-state index contributed by atoms with van der Waals surface area (Å²) in [6.45, 7) is 5.86. The van der Waals surface area contributed by atoms with E-state index in [1.165, 1.54) is 0 Å². The zero-order chi connectivity index (χ0) is 39.3. The Morgan fingerprint density at radius 1 is 0.865 bits per heavy atom. The van der Waals surface area contributed by atoms with E-state index in [0.717, 1.165) is 13.8 Å². The smallest absolute Gasteiger partial charge is 0.217 e. The van der Waals surface area contributed by atoms with Gasteiger partial charge in [0.15, 0.2) is 12.6 Å². The molecule has 3 heterocycles. The number of aliphatic hydroxyl groups excluding tert-OH is 9. The minimum atomic E-state index is -3.14. The molecule has 52 heavy (non-hydrogen) atoms. The third kappa shape index (κ3) is 10.6. The lowest BCUT2D eigenvalue weighted by Gasteiger charge is -2.52. The molecule has 0 bridgehead atoms. The first-order valence-electron chi connectivity index (χ1n) is 16.8. The summed E-state index contributed by atoms with van der Waals surface area (Å²) in [6.07, 6.45) is -25.1. The predicted octanol–water partition coefficient (Wildman–Crippen LogP) is -7.05. The zero-order valence-corrected chi connectivity index (χ0v) is 30.5. The summed E-state index contributed by atoms with van der Waals surface area (Å²) in [5.74, 6) is -6.72. The molecule has 3 rings (SSSR count). The van der Waals surface area contributed by atoms with Gasteiger partial charge in [-0.25, -0.2) is 0 Å². The van der Waals surface area contributed by atoms with Crippen LogP contribution in [0.3, 0.4) is 0 Å². The first kappa shape index (κ1) is 44.4. The van der Waals surface area contributed by atoms with Crippen molar-refractivity contribution in [3.63, 3.8) is 0 Å². The highest BCUT2D eigenvalue weighted by atomic mass is 28.3. The summed E-state index contributed by atoms with van der Waals surface area (Å²) < 4.78 is 34.4. The van der Waals surface area contributed by atoms with Crippen LogP contribution in [0.2, 0.25) is 25.7 Å². The molecule has 0 aliphatic carbocycles. The average Bonchev–Trinajstić information content (AvgIpc) is 3.05. The molecule has 0 radical (unpaired) electrons. The third-order valence-corrected chi connectivity index (χ3v) is 10.7. The van der Waals surface area contributed by atoms with Gasteiger partial charge in [0.05, 0.1) is 32.0 Å². The van der Waals surface area contributed by atoms with Crippen molar-refractivity contribution in [2.75, 3.05) is 26.4 Å². The predicted molar refractivity (Wildman–Crippen MR) is 171 cm³/mol. The lowest BCUT2D eigenvalue weighted by Crippen LogP contribution is -2.72. The van der Waals surface area contributed by atoms with Crippen molar-refractivity contribution in [2.45, 2.75) is 144 Å². The standard InChI is InChI=1S/C30H54N2O19Si/c1-12(36)31-18-14(38)8-30(29(44)45,50-25(18)20(40)15(39)9-33)51-26-22(42)17(11-35)48-28(23(26)43)49-24-19(32-13(2)37)27(46-6-7-52(3,4)5)47-16(10-34)21(24)41/h14-28,33-35,38-43H,6-11H2,1-5H3,(H,31,36)(H,32,37)(H,44,45)/p-1/t14-,15+,16+,17+,18+,19+,20+,21-,22-,23+,24+,25+,26-,27+,28-,30-/m0/s1. The van der Waals surface area contributed by atoms with Crippen molar-refractivity contribution >= 4 is 25.9 Å². The number of carbonyl (C=O) groups is 3. The summed E-state index contributed by atoms with van der Waals surface area (Å²) in [7, 11) is -1.63. The summed E-state index contributed by atoms with van der Waals surface area (Å²) in [6, 6.07) is -2.21. The minimum absolute atomic E-state index is 0.166. The van der Waals surface area contributed by atoms with E-state index in [1.54, 1.807) is 0 Å². The minimum Gasteiger partial charge on any atom is -0.544 e. The maximum Gasteiger partial charge on any atom is 0.217 e.